The summed E-state index contributed by atoms with van der Waals surface area (Å²) in [5.74, 6) is -3.04. The normalized spacial score (nSPS) is 14.1. The first-order valence-electron chi connectivity index (χ1n) is 5.15. The minimum absolute atomic E-state index is 0.0429. The van der Waals surface area contributed by atoms with Crippen LogP contribution in [0.3, 0.4) is 0 Å². The molecular weight excluding hydrogens is 285 g/mol. The van der Waals surface area contributed by atoms with Crippen LogP contribution in [0.2, 0.25) is 0 Å². The van der Waals surface area contributed by atoms with E-state index in [4.69, 9.17) is 5.11 Å². The van der Waals surface area contributed by atoms with Crippen molar-refractivity contribution in [3.63, 3.8) is 0 Å². The lowest BCUT2D eigenvalue weighted by Gasteiger charge is -2.10. The number of sulfone groups is 1. The molecule has 19 heavy (non-hydrogen) atoms. The van der Waals surface area contributed by atoms with Gasteiger partial charge in [-0.05, 0) is 18.1 Å². The standard InChI is InChI=1S/C11H11F3O4S/c1-7(10(15)16)9-4-2-8(3-5-9)6-19(17,18)11(12,13)14/h2-5,7H,6H2,1H3,(H,15,16)/t7-/m0/s1. The highest BCUT2D eigenvalue weighted by atomic mass is 32.2. The zero-order valence-electron chi connectivity index (χ0n) is 9.81. The third kappa shape index (κ3) is 3.69. The van der Waals surface area contributed by atoms with E-state index in [0.29, 0.717) is 5.56 Å². The highest BCUT2D eigenvalue weighted by Crippen LogP contribution is 2.27. The van der Waals surface area contributed by atoms with Crippen molar-refractivity contribution < 1.29 is 31.5 Å². The van der Waals surface area contributed by atoms with Gasteiger partial charge in [0.05, 0.1) is 11.7 Å². The van der Waals surface area contributed by atoms with E-state index in [2.05, 4.69) is 0 Å². The molecule has 0 spiro atoms. The van der Waals surface area contributed by atoms with Gasteiger partial charge in [0.25, 0.3) is 9.84 Å². The van der Waals surface area contributed by atoms with Gasteiger partial charge in [0.1, 0.15) is 0 Å². The molecule has 0 saturated heterocycles. The molecule has 0 aliphatic rings. The van der Waals surface area contributed by atoms with Gasteiger partial charge in [0, 0.05) is 0 Å². The van der Waals surface area contributed by atoms with Crippen LogP contribution in [0.25, 0.3) is 0 Å². The third-order valence-electron chi connectivity index (χ3n) is 2.56. The molecule has 0 bridgehead atoms. The van der Waals surface area contributed by atoms with Crippen LogP contribution in [0.1, 0.15) is 24.0 Å². The first kappa shape index (κ1) is 15.5. The molecule has 0 saturated carbocycles. The molecule has 106 valence electrons. The number of alkyl halides is 3. The molecule has 1 rings (SSSR count). The summed E-state index contributed by atoms with van der Waals surface area (Å²) in [4.78, 5) is 10.7. The first-order chi connectivity index (χ1) is 8.54. The van der Waals surface area contributed by atoms with Crippen LogP contribution in [0.4, 0.5) is 13.2 Å². The number of aliphatic carboxylic acids is 1. The van der Waals surface area contributed by atoms with Gasteiger partial charge in [-0.2, -0.15) is 13.2 Å². The van der Waals surface area contributed by atoms with Crippen molar-refractivity contribution in [3.05, 3.63) is 35.4 Å². The van der Waals surface area contributed by atoms with E-state index in [9.17, 15) is 26.4 Å². The Hall–Kier alpha value is -1.57. The molecule has 0 aliphatic carbocycles. The summed E-state index contributed by atoms with van der Waals surface area (Å²) >= 11 is 0. The van der Waals surface area contributed by atoms with Crippen LogP contribution in [0, 0.1) is 0 Å². The number of hydrogen-bond donors (Lipinski definition) is 1. The van der Waals surface area contributed by atoms with Crippen LogP contribution < -0.4 is 0 Å². The largest absolute Gasteiger partial charge is 0.497 e. The zero-order valence-corrected chi connectivity index (χ0v) is 10.6. The van der Waals surface area contributed by atoms with Crippen molar-refractivity contribution >= 4 is 15.8 Å². The lowest BCUT2D eigenvalue weighted by Crippen LogP contribution is -2.24. The number of carbonyl (C=O) groups is 1. The Morgan fingerprint density at radius 2 is 1.74 bits per heavy atom. The number of carboxylic acid groups (broad SMARTS) is 1. The summed E-state index contributed by atoms with van der Waals surface area (Å²) in [6, 6.07) is 4.97. The lowest BCUT2D eigenvalue weighted by molar-refractivity contribution is -0.138. The maximum absolute atomic E-state index is 12.2. The van der Waals surface area contributed by atoms with E-state index in [-0.39, 0.29) is 5.56 Å². The van der Waals surface area contributed by atoms with Crippen molar-refractivity contribution in [1.29, 1.82) is 0 Å². The van der Waals surface area contributed by atoms with Crippen LogP contribution in [-0.2, 0) is 20.4 Å². The third-order valence-corrected chi connectivity index (χ3v) is 3.98. The molecule has 1 N–H and O–H groups in total. The number of hydrogen-bond acceptors (Lipinski definition) is 3. The van der Waals surface area contributed by atoms with Crippen LogP contribution in [0.5, 0.6) is 0 Å². The average molecular weight is 296 g/mol. The molecular formula is C11H11F3O4S. The summed E-state index contributed by atoms with van der Waals surface area (Å²) < 4.78 is 58.4. The molecule has 0 amide bonds. The van der Waals surface area contributed by atoms with E-state index in [0.717, 1.165) is 0 Å². The number of carboxylic acids is 1. The topological polar surface area (TPSA) is 71.4 Å². The van der Waals surface area contributed by atoms with Crippen molar-refractivity contribution in [2.24, 2.45) is 0 Å². The molecule has 0 heterocycles. The predicted octanol–water partition coefficient (Wildman–Crippen LogP) is 2.31. The average Bonchev–Trinajstić information content (AvgIpc) is 2.27. The van der Waals surface area contributed by atoms with Gasteiger partial charge in [-0.25, -0.2) is 8.42 Å². The quantitative estimate of drug-likeness (QED) is 0.925. The summed E-state index contributed by atoms with van der Waals surface area (Å²) in [7, 11) is -5.22. The monoisotopic (exact) mass is 296 g/mol. The van der Waals surface area contributed by atoms with Crippen LogP contribution in [0.15, 0.2) is 24.3 Å². The van der Waals surface area contributed by atoms with E-state index in [1.807, 2.05) is 0 Å². The Morgan fingerprint density at radius 1 is 1.26 bits per heavy atom. The molecule has 0 aromatic heterocycles. The summed E-state index contributed by atoms with van der Waals surface area (Å²) in [6.07, 6.45) is 0. The fourth-order valence-corrected chi connectivity index (χ4v) is 2.14. The fourth-order valence-electron chi connectivity index (χ4n) is 1.35. The van der Waals surface area contributed by atoms with Gasteiger partial charge in [0.15, 0.2) is 0 Å². The minimum atomic E-state index is -5.29. The molecule has 0 fully saturated rings. The second-order valence-corrected chi connectivity index (χ2v) is 5.99. The molecule has 0 radical (unpaired) electrons. The molecule has 1 aromatic carbocycles. The second-order valence-electron chi connectivity index (χ2n) is 4.01. The minimum Gasteiger partial charge on any atom is -0.481 e. The zero-order chi connectivity index (χ0) is 14.8. The van der Waals surface area contributed by atoms with E-state index in [1.54, 1.807) is 0 Å². The van der Waals surface area contributed by atoms with E-state index >= 15 is 0 Å². The molecule has 1 aromatic rings. The molecule has 1 atom stereocenters. The fraction of sp³-hybridized carbons (Fsp3) is 0.364. The number of benzene rings is 1. The highest BCUT2D eigenvalue weighted by molar-refractivity contribution is 7.91. The summed E-state index contributed by atoms with van der Waals surface area (Å²) in [6.45, 7) is 1.42. The number of halogens is 3. The summed E-state index contributed by atoms with van der Waals surface area (Å²) in [5.41, 5.74) is -4.95. The van der Waals surface area contributed by atoms with E-state index < -0.39 is 33.0 Å². The van der Waals surface area contributed by atoms with Gasteiger partial charge in [0.2, 0.25) is 0 Å². The van der Waals surface area contributed by atoms with Gasteiger partial charge in [-0.3, -0.25) is 4.79 Å². The Bertz CT molecular complexity index is 561. The van der Waals surface area contributed by atoms with Gasteiger partial charge < -0.3 is 5.11 Å². The second kappa shape index (κ2) is 5.20. The lowest BCUT2D eigenvalue weighted by atomic mass is 10.0. The molecule has 0 unspecified atom stereocenters. The number of rotatable bonds is 4. The van der Waals surface area contributed by atoms with Crippen molar-refractivity contribution in [2.45, 2.75) is 24.1 Å². The van der Waals surface area contributed by atoms with Crippen molar-refractivity contribution in [3.8, 4) is 0 Å². The Labute approximate surface area is 107 Å². The highest BCUT2D eigenvalue weighted by Gasteiger charge is 2.45. The Kier molecular flexibility index (Phi) is 4.24. The first-order valence-corrected chi connectivity index (χ1v) is 6.80. The van der Waals surface area contributed by atoms with Crippen LogP contribution in [-0.4, -0.2) is 25.0 Å². The predicted molar refractivity (Wildman–Crippen MR) is 61.2 cm³/mol. The molecule has 4 nitrogen and oxygen atoms in total. The molecule has 8 heteroatoms. The maximum atomic E-state index is 12.2. The maximum Gasteiger partial charge on any atom is 0.497 e. The Morgan fingerprint density at radius 3 is 2.11 bits per heavy atom. The summed E-state index contributed by atoms with van der Waals surface area (Å²) in [5, 5.41) is 8.75. The van der Waals surface area contributed by atoms with Crippen molar-refractivity contribution in [1.82, 2.24) is 0 Å². The van der Waals surface area contributed by atoms with E-state index in [1.165, 1.54) is 31.2 Å². The van der Waals surface area contributed by atoms with Crippen LogP contribution >= 0.6 is 0 Å². The van der Waals surface area contributed by atoms with Crippen molar-refractivity contribution in [2.75, 3.05) is 0 Å². The van der Waals surface area contributed by atoms with Gasteiger partial charge >= 0.3 is 11.5 Å². The molecule has 0 aliphatic heterocycles. The smallest absolute Gasteiger partial charge is 0.481 e. The van der Waals surface area contributed by atoms with Gasteiger partial charge in [-0.1, -0.05) is 24.3 Å². The Balaban J connectivity index is 2.93. The van der Waals surface area contributed by atoms with Gasteiger partial charge in [-0.15, -0.1) is 0 Å². The SMILES string of the molecule is C[C@H](C(=O)O)c1ccc(CS(=O)(=O)C(F)(F)F)cc1.